The van der Waals surface area contributed by atoms with E-state index in [0.717, 1.165) is 38.4 Å². The number of carbonyl (C=O) groups excluding carboxylic acids is 1. The number of carbonyl (C=O) groups is 1. The van der Waals surface area contributed by atoms with Gasteiger partial charge in [0.25, 0.3) is 5.91 Å². The van der Waals surface area contributed by atoms with Gasteiger partial charge in [0.15, 0.2) is 0 Å². The lowest BCUT2D eigenvalue weighted by Crippen LogP contribution is -2.46. The van der Waals surface area contributed by atoms with Crippen molar-refractivity contribution in [1.82, 2.24) is 9.88 Å². The molecule has 1 aromatic carbocycles. The van der Waals surface area contributed by atoms with Gasteiger partial charge in [-0.25, -0.2) is 4.39 Å². The number of hydrogen-bond acceptors (Lipinski definition) is 4. The number of aromatic nitrogens is 1. The van der Waals surface area contributed by atoms with Crippen LogP contribution in [0.2, 0.25) is 0 Å². The van der Waals surface area contributed by atoms with Crippen molar-refractivity contribution in [2.24, 2.45) is 0 Å². The molecule has 5 nitrogen and oxygen atoms in total. The van der Waals surface area contributed by atoms with Gasteiger partial charge in [0.1, 0.15) is 11.5 Å². The Morgan fingerprint density at radius 3 is 2.54 bits per heavy atom. The number of anilines is 2. The summed E-state index contributed by atoms with van der Waals surface area (Å²) in [5.74, 6) is -0.630. The number of nitrogens with one attached hydrogen (secondary N) is 1. The van der Waals surface area contributed by atoms with Crippen molar-refractivity contribution in [2.75, 3.05) is 42.9 Å². The molecule has 0 aliphatic carbocycles. The number of benzene rings is 1. The molecule has 1 aromatic heterocycles. The van der Waals surface area contributed by atoms with Crippen LogP contribution in [0.4, 0.5) is 15.8 Å². The maximum Gasteiger partial charge on any atom is 0.274 e. The molecule has 0 atom stereocenters. The zero-order valence-corrected chi connectivity index (χ0v) is 13.7. The largest absolute Gasteiger partial charge is 0.369 e. The summed E-state index contributed by atoms with van der Waals surface area (Å²) in [6.07, 6.45) is 1.65. The molecule has 1 fully saturated rings. The summed E-state index contributed by atoms with van der Waals surface area (Å²) in [4.78, 5) is 21.2. The van der Waals surface area contributed by atoms with Crippen molar-refractivity contribution < 1.29 is 9.18 Å². The van der Waals surface area contributed by atoms with Gasteiger partial charge in [0, 0.05) is 43.8 Å². The quantitative estimate of drug-likeness (QED) is 0.937. The third-order valence-corrected chi connectivity index (χ3v) is 4.26. The third-order valence-electron chi connectivity index (χ3n) is 4.26. The highest BCUT2D eigenvalue weighted by molar-refractivity contribution is 6.03. The number of hydrogen-bond donors (Lipinski definition) is 1. The number of rotatable bonds is 4. The second-order valence-corrected chi connectivity index (χ2v) is 5.78. The number of amides is 1. The van der Waals surface area contributed by atoms with Gasteiger partial charge in [0.2, 0.25) is 0 Å². The molecule has 1 amide bonds. The van der Waals surface area contributed by atoms with E-state index in [1.165, 1.54) is 24.3 Å². The number of likely N-dealkylation sites (N-methyl/N-ethyl adjacent to an activating group) is 1. The Labute approximate surface area is 141 Å². The molecular formula is C18H21FN4O. The molecule has 1 aliphatic rings. The third kappa shape index (κ3) is 3.89. The van der Waals surface area contributed by atoms with Gasteiger partial charge in [0.05, 0.1) is 0 Å². The Balaban J connectivity index is 1.68. The van der Waals surface area contributed by atoms with Crippen LogP contribution in [0, 0.1) is 5.82 Å². The topological polar surface area (TPSA) is 48.5 Å². The SMILES string of the molecule is CCN1CCN(c2ccnc(C(=O)Nc3ccc(F)cc3)c2)CC1. The highest BCUT2D eigenvalue weighted by atomic mass is 19.1. The van der Waals surface area contributed by atoms with Crippen LogP contribution in [-0.4, -0.2) is 48.5 Å². The second-order valence-electron chi connectivity index (χ2n) is 5.78. The summed E-state index contributed by atoms with van der Waals surface area (Å²) in [7, 11) is 0. The molecule has 0 unspecified atom stereocenters. The Morgan fingerprint density at radius 1 is 1.17 bits per heavy atom. The Morgan fingerprint density at radius 2 is 1.88 bits per heavy atom. The number of nitrogens with zero attached hydrogens (tertiary/aromatic N) is 3. The van der Waals surface area contributed by atoms with Crippen molar-refractivity contribution in [2.45, 2.75) is 6.92 Å². The van der Waals surface area contributed by atoms with Gasteiger partial charge in [-0.2, -0.15) is 0 Å². The van der Waals surface area contributed by atoms with Crippen LogP contribution in [0.1, 0.15) is 17.4 Å². The molecule has 24 heavy (non-hydrogen) atoms. The highest BCUT2D eigenvalue weighted by Gasteiger charge is 2.17. The summed E-state index contributed by atoms with van der Waals surface area (Å²) >= 11 is 0. The predicted molar refractivity (Wildman–Crippen MR) is 92.9 cm³/mol. The molecule has 1 aliphatic heterocycles. The fourth-order valence-electron chi connectivity index (χ4n) is 2.79. The van der Waals surface area contributed by atoms with E-state index in [2.05, 4.69) is 27.0 Å². The monoisotopic (exact) mass is 328 g/mol. The molecule has 1 saturated heterocycles. The molecule has 0 bridgehead atoms. The Kier molecular flexibility index (Phi) is 5.05. The number of pyridine rings is 1. The van der Waals surface area contributed by atoms with Gasteiger partial charge in [-0.15, -0.1) is 0 Å². The van der Waals surface area contributed by atoms with Crippen LogP contribution in [0.5, 0.6) is 0 Å². The summed E-state index contributed by atoms with van der Waals surface area (Å²) < 4.78 is 12.9. The van der Waals surface area contributed by atoms with Gasteiger partial charge < -0.3 is 15.1 Å². The van der Waals surface area contributed by atoms with Crippen LogP contribution in [-0.2, 0) is 0 Å². The van der Waals surface area contributed by atoms with E-state index < -0.39 is 0 Å². The first-order valence-electron chi connectivity index (χ1n) is 8.16. The van der Waals surface area contributed by atoms with Crippen molar-refractivity contribution >= 4 is 17.3 Å². The fourth-order valence-corrected chi connectivity index (χ4v) is 2.79. The average molecular weight is 328 g/mol. The first kappa shape index (κ1) is 16.4. The first-order valence-corrected chi connectivity index (χ1v) is 8.16. The van der Waals surface area contributed by atoms with Crippen LogP contribution in [0.3, 0.4) is 0 Å². The van der Waals surface area contributed by atoms with E-state index in [9.17, 15) is 9.18 Å². The Bertz CT molecular complexity index is 696. The summed E-state index contributed by atoms with van der Waals surface area (Å²) in [6, 6.07) is 9.41. The summed E-state index contributed by atoms with van der Waals surface area (Å²) in [6.45, 7) is 7.16. The van der Waals surface area contributed by atoms with Gasteiger partial charge >= 0.3 is 0 Å². The molecule has 126 valence electrons. The number of halogens is 1. The molecule has 0 spiro atoms. The normalized spacial score (nSPS) is 15.3. The van der Waals surface area contributed by atoms with Gasteiger partial charge in [-0.05, 0) is 42.9 Å². The lowest BCUT2D eigenvalue weighted by Gasteiger charge is -2.35. The summed E-state index contributed by atoms with van der Waals surface area (Å²) in [5, 5.41) is 2.74. The maximum atomic E-state index is 12.9. The van der Waals surface area contributed by atoms with Crippen molar-refractivity contribution in [3.05, 3.63) is 54.1 Å². The van der Waals surface area contributed by atoms with E-state index >= 15 is 0 Å². The van der Waals surface area contributed by atoms with Crippen LogP contribution in [0.15, 0.2) is 42.6 Å². The molecule has 0 radical (unpaired) electrons. The number of piperazine rings is 1. The van der Waals surface area contributed by atoms with Crippen molar-refractivity contribution in [1.29, 1.82) is 0 Å². The van der Waals surface area contributed by atoms with Crippen LogP contribution >= 0.6 is 0 Å². The molecule has 2 aromatic rings. The minimum atomic E-state index is -0.334. The molecule has 0 saturated carbocycles. The maximum absolute atomic E-state index is 12.9. The molecular weight excluding hydrogens is 307 g/mol. The minimum Gasteiger partial charge on any atom is -0.369 e. The smallest absolute Gasteiger partial charge is 0.274 e. The second kappa shape index (κ2) is 7.40. The zero-order chi connectivity index (χ0) is 16.9. The van der Waals surface area contributed by atoms with E-state index in [1.54, 1.807) is 12.3 Å². The van der Waals surface area contributed by atoms with Gasteiger partial charge in [-0.1, -0.05) is 6.92 Å². The minimum absolute atomic E-state index is 0.296. The Hall–Kier alpha value is -2.47. The molecule has 2 heterocycles. The van der Waals surface area contributed by atoms with E-state index in [4.69, 9.17) is 0 Å². The average Bonchev–Trinajstić information content (AvgIpc) is 2.64. The molecule has 6 heteroatoms. The standard InChI is InChI=1S/C18H21FN4O/c1-2-22-9-11-23(12-10-22)16-7-8-20-17(13-16)18(24)21-15-5-3-14(19)4-6-15/h3-8,13H,2,9-12H2,1H3,(H,21,24). The lowest BCUT2D eigenvalue weighted by molar-refractivity contribution is 0.102. The van der Waals surface area contributed by atoms with Gasteiger partial charge in [-0.3, -0.25) is 9.78 Å². The van der Waals surface area contributed by atoms with E-state index in [0.29, 0.717) is 11.4 Å². The van der Waals surface area contributed by atoms with Crippen LogP contribution in [0.25, 0.3) is 0 Å². The first-order chi connectivity index (χ1) is 11.7. The molecule has 3 rings (SSSR count). The zero-order valence-electron chi connectivity index (χ0n) is 13.7. The summed E-state index contributed by atoms with van der Waals surface area (Å²) in [5.41, 5.74) is 1.91. The van der Waals surface area contributed by atoms with Crippen molar-refractivity contribution in [3.63, 3.8) is 0 Å². The highest BCUT2D eigenvalue weighted by Crippen LogP contribution is 2.18. The van der Waals surface area contributed by atoms with Crippen molar-refractivity contribution in [3.8, 4) is 0 Å². The molecule has 1 N–H and O–H groups in total. The van der Waals surface area contributed by atoms with E-state index in [1.807, 2.05) is 6.07 Å². The van der Waals surface area contributed by atoms with Crippen LogP contribution < -0.4 is 10.2 Å². The van der Waals surface area contributed by atoms with E-state index in [-0.39, 0.29) is 11.7 Å². The fraction of sp³-hybridized carbons (Fsp3) is 0.333. The predicted octanol–water partition coefficient (Wildman–Crippen LogP) is 2.61. The lowest BCUT2D eigenvalue weighted by atomic mass is 10.2.